The summed E-state index contributed by atoms with van der Waals surface area (Å²) in [6, 6.07) is 8.58. The van der Waals surface area contributed by atoms with E-state index in [0.717, 1.165) is 12.8 Å². The molecule has 0 bridgehead atoms. The maximum Gasteiger partial charge on any atom is 0.511 e. The lowest BCUT2D eigenvalue weighted by Gasteiger charge is -2.21. The highest BCUT2D eigenvalue weighted by atomic mass is 16.7. The van der Waals surface area contributed by atoms with Crippen LogP contribution in [0.15, 0.2) is 42.7 Å². The van der Waals surface area contributed by atoms with Crippen molar-refractivity contribution in [2.75, 3.05) is 11.4 Å². The van der Waals surface area contributed by atoms with Crippen molar-refractivity contribution in [1.82, 2.24) is 14.4 Å². The molecule has 0 saturated heterocycles. The number of anilines is 1. The minimum atomic E-state index is -1.43. The summed E-state index contributed by atoms with van der Waals surface area (Å²) in [5, 5.41) is 9.00. The Bertz CT molecular complexity index is 969. The van der Waals surface area contributed by atoms with E-state index in [0.29, 0.717) is 29.4 Å². The third-order valence-corrected chi connectivity index (χ3v) is 4.06. The molecular formula is C19H20N4O4. The first-order valence-electron chi connectivity index (χ1n) is 8.64. The quantitative estimate of drug-likeness (QED) is 0.668. The van der Waals surface area contributed by atoms with Crippen LogP contribution < -0.4 is 9.64 Å². The van der Waals surface area contributed by atoms with Gasteiger partial charge in [-0.2, -0.15) is 0 Å². The summed E-state index contributed by atoms with van der Waals surface area (Å²) in [5.41, 5.74) is 1.38. The molecule has 0 spiro atoms. The maximum atomic E-state index is 12.4. The molecule has 0 atom stereocenters. The van der Waals surface area contributed by atoms with Crippen molar-refractivity contribution in [1.29, 1.82) is 0 Å². The molecule has 3 aromatic heterocycles. The van der Waals surface area contributed by atoms with Gasteiger partial charge in [-0.25, -0.2) is 9.78 Å². The normalized spacial score (nSPS) is 10.7. The van der Waals surface area contributed by atoms with E-state index in [2.05, 4.69) is 9.97 Å². The molecule has 3 aromatic rings. The van der Waals surface area contributed by atoms with Gasteiger partial charge >= 0.3 is 6.16 Å². The van der Waals surface area contributed by atoms with Gasteiger partial charge in [0.1, 0.15) is 11.5 Å². The number of rotatable bonds is 6. The Hall–Kier alpha value is -3.42. The Labute approximate surface area is 156 Å². The third kappa shape index (κ3) is 3.74. The van der Waals surface area contributed by atoms with E-state index in [1.54, 1.807) is 39.9 Å². The molecule has 140 valence electrons. The monoisotopic (exact) mass is 368 g/mol. The van der Waals surface area contributed by atoms with Crippen LogP contribution in [0.4, 0.5) is 10.6 Å². The van der Waals surface area contributed by atoms with Gasteiger partial charge in [0, 0.05) is 25.9 Å². The van der Waals surface area contributed by atoms with Crippen LogP contribution in [0.25, 0.3) is 17.0 Å². The van der Waals surface area contributed by atoms with Crippen LogP contribution in [0, 0.1) is 0 Å². The summed E-state index contributed by atoms with van der Waals surface area (Å²) in [5.74, 6) is 0.500. The average molecular weight is 368 g/mol. The van der Waals surface area contributed by atoms with E-state index in [4.69, 9.17) is 9.84 Å². The number of carbonyl (C=O) groups excluding carboxylic acids is 1. The molecule has 8 nitrogen and oxygen atoms in total. The Balaban J connectivity index is 2.27. The molecule has 0 radical (unpaired) electrons. The number of pyridine rings is 2. The lowest BCUT2D eigenvalue weighted by Crippen LogP contribution is -2.31. The lowest BCUT2D eigenvalue weighted by molar-refractivity contribution is -0.116. The maximum absolute atomic E-state index is 12.4. The molecule has 0 aliphatic rings. The number of unbranched alkanes of at least 4 members (excludes halogenated alkanes) is 1. The number of carboxylic acid groups (broad SMARTS) is 1. The second-order valence-corrected chi connectivity index (χ2v) is 5.96. The van der Waals surface area contributed by atoms with Crippen LogP contribution in [0.2, 0.25) is 0 Å². The number of ether oxygens (including phenoxy) is 1. The SMILES string of the molecule is CCCCN(C(C)=O)c1c(-c2ccccn2)nc2c(OC(=O)O)cccn12. The molecule has 1 N–H and O–H groups in total. The van der Waals surface area contributed by atoms with Crippen molar-refractivity contribution in [3.8, 4) is 17.1 Å². The van der Waals surface area contributed by atoms with E-state index >= 15 is 0 Å². The zero-order valence-electron chi connectivity index (χ0n) is 15.1. The molecule has 3 rings (SSSR count). The predicted octanol–water partition coefficient (Wildman–Crippen LogP) is 3.61. The summed E-state index contributed by atoms with van der Waals surface area (Å²) < 4.78 is 6.53. The number of hydrogen-bond donors (Lipinski definition) is 1. The molecular weight excluding hydrogens is 348 g/mol. The Kier molecular flexibility index (Phi) is 5.35. The van der Waals surface area contributed by atoms with E-state index in [9.17, 15) is 9.59 Å². The molecule has 27 heavy (non-hydrogen) atoms. The van der Waals surface area contributed by atoms with E-state index in [1.165, 1.54) is 13.0 Å². The third-order valence-electron chi connectivity index (χ3n) is 4.06. The highest BCUT2D eigenvalue weighted by Crippen LogP contribution is 2.34. The van der Waals surface area contributed by atoms with Crippen LogP contribution in [-0.4, -0.2) is 38.1 Å². The van der Waals surface area contributed by atoms with Crippen LogP contribution in [0.5, 0.6) is 5.75 Å². The number of amides is 1. The number of nitrogens with zero attached hydrogens (tertiary/aromatic N) is 4. The standard InChI is InChI=1S/C19H20N4O4/c1-3-4-11-22(13(2)24)18-16(14-8-5-6-10-20-14)21-17-15(27-19(25)26)9-7-12-23(17)18/h5-10,12H,3-4,11H2,1-2H3,(H,25,26). The van der Waals surface area contributed by atoms with Gasteiger partial charge in [0.25, 0.3) is 0 Å². The van der Waals surface area contributed by atoms with Gasteiger partial charge in [-0.05, 0) is 30.7 Å². The lowest BCUT2D eigenvalue weighted by atomic mass is 10.2. The molecule has 0 unspecified atom stereocenters. The van der Waals surface area contributed by atoms with Gasteiger partial charge in [-0.15, -0.1) is 0 Å². The van der Waals surface area contributed by atoms with Crippen LogP contribution in [-0.2, 0) is 4.79 Å². The molecule has 0 saturated carbocycles. The summed E-state index contributed by atoms with van der Waals surface area (Å²) >= 11 is 0. The molecule has 0 aliphatic carbocycles. The van der Waals surface area contributed by atoms with E-state index < -0.39 is 6.16 Å². The second-order valence-electron chi connectivity index (χ2n) is 5.96. The van der Waals surface area contributed by atoms with Gasteiger partial charge in [0.05, 0.1) is 5.69 Å². The van der Waals surface area contributed by atoms with E-state index in [-0.39, 0.29) is 11.7 Å². The number of fused-ring (bicyclic) bond motifs is 1. The molecule has 1 amide bonds. The predicted molar refractivity (Wildman–Crippen MR) is 100 cm³/mol. The molecule has 0 aliphatic heterocycles. The Morgan fingerprint density at radius 3 is 2.70 bits per heavy atom. The van der Waals surface area contributed by atoms with Gasteiger partial charge in [0.15, 0.2) is 11.4 Å². The summed E-state index contributed by atoms with van der Waals surface area (Å²) in [6.45, 7) is 4.06. The summed E-state index contributed by atoms with van der Waals surface area (Å²) in [6.07, 6.45) is 3.68. The van der Waals surface area contributed by atoms with Crippen molar-refractivity contribution in [2.24, 2.45) is 0 Å². The van der Waals surface area contributed by atoms with Gasteiger partial charge in [-0.1, -0.05) is 19.4 Å². The zero-order chi connectivity index (χ0) is 19.4. The van der Waals surface area contributed by atoms with Crippen LogP contribution >= 0.6 is 0 Å². The largest absolute Gasteiger partial charge is 0.511 e. The van der Waals surface area contributed by atoms with Crippen molar-refractivity contribution in [3.63, 3.8) is 0 Å². The topological polar surface area (TPSA) is 97.0 Å². The fourth-order valence-electron chi connectivity index (χ4n) is 2.87. The number of hydrogen-bond acceptors (Lipinski definition) is 5. The molecule has 8 heteroatoms. The van der Waals surface area contributed by atoms with Crippen LogP contribution in [0.3, 0.4) is 0 Å². The first kappa shape index (κ1) is 18.4. The molecule has 3 heterocycles. The highest BCUT2D eigenvalue weighted by Gasteiger charge is 2.25. The number of imidazole rings is 1. The minimum Gasteiger partial charge on any atom is -0.449 e. The summed E-state index contributed by atoms with van der Waals surface area (Å²) in [7, 11) is 0. The first-order chi connectivity index (χ1) is 13.0. The van der Waals surface area contributed by atoms with E-state index in [1.807, 2.05) is 13.0 Å². The Morgan fingerprint density at radius 2 is 2.07 bits per heavy atom. The van der Waals surface area contributed by atoms with Gasteiger partial charge in [0.2, 0.25) is 5.91 Å². The van der Waals surface area contributed by atoms with Crippen LogP contribution in [0.1, 0.15) is 26.7 Å². The zero-order valence-corrected chi connectivity index (χ0v) is 15.1. The highest BCUT2D eigenvalue weighted by molar-refractivity contribution is 5.95. The van der Waals surface area contributed by atoms with Crippen molar-refractivity contribution >= 4 is 23.5 Å². The fraction of sp³-hybridized carbons (Fsp3) is 0.263. The Morgan fingerprint density at radius 1 is 1.26 bits per heavy atom. The smallest absolute Gasteiger partial charge is 0.449 e. The first-order valence-corrected chi connectivity index (χ1v) is 8.64. The fourth-order valence-corrected chi connectivity index (χ4v) is 2.87. The van der Waals surface area contributed by atoms with Gasteiger partial charge < -0.3 is 9.84 Å². The minimum absolute atomic E-state index is 0.0902. The van der Waals surface area contributed by atoms with Gasteiger partial charge in [-0.3, -0.25) is 19.1 Å². The van der Waals surface area contributed by atoms with Crippen molar-refractivity contribution in [3.05, 3.63) is 42.7 Å². The van der Waals surface area contributed by atoms with Crippen molar-refractivity contribution < 1.29 is 19.4 Å². The average Bonchev–Trinajstić information content (AvgIpc) is 3.03. The summed E-state index contributed by atoms with van der Waals surface area (Å²) in [4.78, 5) is 33.9. The van der Waals surface area contributed by atoms with Crippen molar-refractivity contribution in [2.45, 2.75) is 26.7 Å². The second kappa shape index (κ2) is 7.86. The molecule has 0 aromatic carbocycles. The molecule has 0 fully saturated rings. The number of aromatic nitrogens is 3. The number of carbonyl (C=O) groups is 2.